The maximum Gasteiger partial charge on any atom is 0.225 e. The average molecular weight is 299 g/mol. The zero-order valence-electron chi connectivity index (χ0n) is 14.4. The van der Waals surface area contributed by atoms with Crippen LogP contribution < -0.4 is 10.6 Å². The Morgan fingerprint density at radius 1 is 1.38 bits per heavy atom. The summed E-state index contributed by atoms with van der Waals surface area (Å²) >= 11 is 0. The minimum atomic E-state index is -0.338. The molecule has 0 aromatic carbocycles. The van der Waals surface area contributed by atoms with Gasteiger partial charge in [0.1, 0.15) is 0 Å². The van der Waals surface area contributed by atoms with E-state index >= 15 is 0 Å². The molecule has 0 radical (unpaired) electrons. The lowest BCUT2D eigenvalue weighted by Crippen LogP contribution is -2.50. The normalized spacial score (nSPS) is 20.8. The van der Waals surface area contributed by atoms with Crippen LogP contribution in [0, 0.1) is 11.3 Å². The molecule has 2 N–H and O–H groups in total. The third-order valence-electron chi connectivity index (χ3n) is 3.55. The molecule has 0 aromatic heterocycles. The summed E-state index contributed by atoms with van der Waals surface area (Å²) in [5.74, 6) is 0.775. The van der Waals surface area contributed by atoms with Gasteiger partial charge in [-0.2, -0.15) is 0 Å². The van der Waals surface area contributed by atoms with Gasteiger partial charge in [0.15, 0.2) is 0 Å². The third-order valence-corrected chi connectivity index (χ3v) is 3.55. The Labute approximate surface area is 129 Å². The minimum Gasteiger partial charge on any atom is -0.374 e. The highest BCUT2D eigenvalue weighted by Crippen LogP contribution is 2.12. The van der Waals surface area contributed by atoms with E-state index in [0.29, 0.717) is 12.5 Å². The Hall–Kier alpha value is -0.650. The molecular weight excluding hydrogens is 266 g/mol. The molecule has 1 aliphatic rings. The van der Waals surface area contributed by atoms with Crippen LogP contribution in [0.15, 0.2) is 0 Å². The van der Waals surface area contributed by atoms with Crippen LogP contribution in [0.25, 0.3) is 0 Å². The Morgan fingerprint density at radius 2 is 2.10 bits per heavy atom. The van der Waals surface area contributed by atoms with Gasteiger partial charge in [0.25, 0.3) is 0 Å². The maximum absolute atomic E-state index is 11.9. The van der Waals surface area contributed by atoms with Gasteiger partial charge < -0.3 is 15.4 Å². The van der Waals surface area contributed by atoms with Gasteiger partial charge in [-0.1, -0.05) is 34.6 Å². The predicted molar refractivity (Wildman–Crippen MR) is 86.4 cm³/mol. The monoisotopic (exact) mass is 299 g/mol. The summed E-state index contributed by atoms with van der Waals surface area (Å²) in [6, 6.07) is 0. The topological polar surface area (TPSA) is 53.6 Å². The van der Waals surface area contributed by atoms with Crippen molar-refractivity contribution in [3.05, 3.63) is 0 Å². The van der Waals surface area contributed by atoms with E-state index in [1.54, 1.807) is 0 Å². The first-order valence-electron chi connectivity index (χ1n) is 8.12. The van der Waals surface area contributed by atoms with Gasteiger partial charge >= 0.3 is 0 Å². The molecule has 21 heavy (non-hydrogen) atoms. The van der Waals surface area contributed by atoms with Gasteiger partial charge in [-0.3, -0.25) is 9.69 Å². The van der Waals surface area contributed by atoms with E-state index in [1.165, 1.54) is 0 Å². The molecule has 0 saturated carbocycles. The van der Waals surface area contributed by atoms with Gasteiger partial charge in [0, 0.05) is 38.1 Å². The quantitative estimate of drug-likeness (QED) is 0.691. The molecule has 1 atom stereocenters. The molecule has 1 heterocycles. The second-order valence-electron chi connectivity index (χ2n) is 7.35. The van der Waals surface area contributed by atoms with Crippen LogP contribution in [-0.2, 0) is 9.53 Å². The smallest absolute Gasteiger partial charge is 0.225 e. The summed E-state index contributed by atoms with van der Waals surface area (Å²) in [6.45, 7) is 16.6. The van der Waals surface area contributed by atoms with Crippen LogP contribution in [0.2, 0.25) is 0 Å². The fourth-order valence-corrected chi connectivity index (χ4v) is 2.21. The first-order chi connectivity index (χ1) is 9.79. The first kappa shape index (κ1) is 18.4. The number of carbonyl (C=O) groups excluding carboxylic acids is 1. The molecule has 1 amide bonds. The van der Waals surface area contributed by atoms with E-state index in [0.717, 1.165) is 39.3 Å². The standard InChI is InChI=1S/C16H33N3O2/c1-13(2)10-17-6-7-19-8-9-21-14(12-19)11-18-15(20)16(3,4)5/h13-14,17H,6-12H2,1-5H3,(H,18,20)/t14-/m1/s1. The fraction of sp³-hybridized carbons (Fsp3) is 0.938. The Kier molecular flexibility index (Phi) is 7.63. The van der Waals surface area contributed by atoms with Crippen LogP contribution >= 0.6 is 0 Å². The van der Waals surface area contributed by atoms with Crippen LogP contribution in [0.4, 0.5) is 0 Å². The summed E-state index contributed by atoms with van der Waals surface area (Å²) in [5, 5.41) is 6.45. The van der Waals surface area contributed by atoms with Crippen LogP contribution in [-0.4, -0.2) is 62.8 Å². The van der Waals surface area contributed by atoms with Crippen molar-refractivity contribution in [2.75, 3.05) is 45.9 Å². The molecular formula is C16H33N3O2. The highest BCUT2D eigenvalue weighted by atomic mass is 16.5. The zero-order valence-corrected chi connectivity index (χ0v) is 14.4. The summed E-state index contributed by atoms with van der Waals surface area (Å²) < 4.78 is 5.74. The summed E-state index contributed by atoms with van der Waals surface area (Å²) in [4.78, 5) is 14.3. The van der Waals surface area contributed by atoms with Crippen molar-refractivity contribution in [3.8, 4) is 0 Å². The van der Waals surface area contributed by atoms with Crippen molar-refractivity contribution in [3.63, 3.8) is 0 Å². The number of nitrogens with one attached hydrogen (secondary N) is 2. The molecule has 1 fully saturated rings. The van der Waals surface area contributed by atoms with E-state index in [2.05, 4.69) is 29.4 Å². The Morgan fingerprint density at radius 3 is 2.71 bits per heavy atom. The molecule has 5 heteroatoms. The van der Waals surface area contributed by atoms with E-state index in [9.17, 15) is 4.79 Å². The van der Waals surface area contributed by atoms with E-state index < -0.39 is 0 Å². The molecule has 1 saturated heterocycles. The van der Waals surface area contributed by atoms with Gasteiger partial charge in [-0.15, -0.1) is 0 Å². The average Bonchev–Trinajstić information content (AvgIpc) is 2.40. The van der Waals surface area contributed by atoms with Crippen molar-refractivity contribution < 1.29 is 9.53 Å². The second kappa shape index (κ2) is 8.71. The highest BCUT2D eigenvalue weighted by Gasteiger charge is 2.24. The largest absolute Gasteiger partial charge is 0.374 e. The number of rotatable bonds is 7. The number of morpholine rings is 1. The molecule has 0 aliphatic carbocycles. The van der Waals surface area contributed by atoms with Crippen LogP contribution in [0.1, 0.15) is 34.6 Å². The number of nitrogens with zero attached hydrogens (tertiary/aromatic N) is 1. The van der Waals surface area contributed by atoms with E-state index in [1.807, 2.05) is 20.8 Å². The first-order valence-corrected chi connectivity index (χ1v) is 8.12. The summed E-state index contributed by atoms with van der Waals surface area (Å²) in [6.07, 6.45) is 0.107. The highest BCUT2D eigenvalue weighted by molar-refractivity contribution is 5.81. The maximum atomic E-state index is 11.9. The Balaban J connectivity index is 2.21. The van der Waals surface area contributed by atoms with E-state index in [4.69, 9.17) is 4.74 Å². The minimum absolute atomic E-state index is 0.0850. The predicted octanol–water partition coefficient (Wildman–Crippen LogP) is 1.10. The van der Waals surface area contributed by atoms with Crippen molar-refractivity contribution in [2.24, 2.45) is 11.3 Å². The number of hydrogen-bond donors (Lipinski definition) is 2. The lowest BCUT2D eigenvalue weighted by atomic mass is 9.95. The lowest BCUT2D eigenvalue weighted by Gasteiger charge is -2.33. The van der Waals surface area contributed by atoms with Gasteiger partial charge in [-0.25, -0.2) is 0 Å². The fourth-order valence-electron chi connectivity index (χ4n) is 2.21. The number of carbonyl (C=O) groups is 1. The summed E-state index contributed by atoms with van der Waals surface area (Å²) in [5.41, 5.74) is -0.338. The molecule has 0 aromatic rings. The zero-order chi connectivity index (χ0) is 15.9. The molecule has 0 bridgehead atoms. The van der Waals surface area contributed by atoms with Crippen molar-refractivity contribution in [2.45, 2.75) is 40.7 Å². The summed E-state index contributed by atoms with van der Waals surface area (Å²) in [7, 11) is 0. The van der Waals surface area contributed by atoms with Crippen molar-refractivity contribution in [1.29, 1.82) is 0 Å². The number of amides is 1. The van der Waals surface area contributed by atoms with Crippen molar-refractivity contribution >= 4 is 5.91 Å². The number of ether oxygens (including phenoxy) is 1. The molecule has 1 aliphatic heterocycles. The second-order valence-corrected chi connectivity index (χ2v) is 7.35. The van der Waals surface area contributed by atoms with Crippen LogP contribution in [0.5, 0.6) is 0 Å². The number of hydrogen-bond acceptors (Lipinski definition) is 4. The van der Waals surface area contributed by atoms with E-state index in [-0.39, 0.29) is 17.4 Å². The van der Waals surface area contributed by atoms with Gasteiger partial charge in [0.2, 0.25) is 5.91 Å². The molecule has 0 unspecified atom stereocenters. The van der Waals surface area contributed by atoms with Crippen molar-refractivity contribution in [1.82, 2.24) is 15.5 Å². The SMILES string of the molecule is CC(C)CNCCN1CCO[C@H](CNC(=O)C(C)(C)C)C1. The molecule has 0 spiro atoms. The Bertz CT molecular complexity index is 313. The molecule has 5 nitrogen and oxygen atoms in total. The third kappa shape index (κ3) is 7.79. The lowest BCUT2D eigenvalue weighted by molar-refractivity contribution is -0.129. The van der Waals surface area contributed by atoms with Gasteiger partial charge in [-0.05, 0) is 12.5 Å². The molecule has 124 valence electrons. The van der Waals surface area contributed by atoms with Gasteiger partial charge in [0.05, 0.1) is 12.7 Å². The molecule has 1 rings (SSSR count). The van der Waals surface area contributed by atoms with Crippen LogP contribution in [0.3, 0.4) is 0 Å².